The molecule has 0 spiro atoms. The quantitative estimate of drug-likeness (QED) is 0.340. The SMILES string of the molecule is O=C(COC(=O)c1ccccc1N1C(=O)[C@H]2CC=CC[C@@H]2C1=O)c1ccccc1. The number of rotatable bonds is 5. The standard InChI is InChI=1S/C23H19NO5/c25-20(15-8-2-1-3-9-15)14-29-23(28)18-12-6-7-13-19(18)24-21(26)16-10-4-5-11-17(16)22(24)27/h1-9,12-13,16-17H,10-11,14H2/t16-,17-/m0/s1. The number of carbonyl (C=O) groups excluding carboxylic acids is 4. The molecule has 4 rings (SSSR count). The first-order valence-corrected chi connectivity index (χ1v) is 9.45. The van der Waals surface area contributed by atoms with Gasteiger partial charge in [-0.1, -0.05) is 54.6 Å². The molecule has 2 amide bonds. The number of amides is 2. The van der Waals surface area contributed by atoms with Gasteiger partial charge in [-0.3, -0.25) is 14.4 Å². The van der Waals surface area contributed by atoms with Gasteiger partial charge in [-0.05, 0) is 25.0 Å². The average molecular weight is 389 g/mol. The highest BCUT2D eigenvalue weighted by Crippen LogP contribution is 2.38. The molecule has 2 aliphatic rings. The molecule has 0 saturated carbocycles. The lowest BCUT2D eigenvalue weighted by Gasteiger charge is -2.18. The molecule has 0 bridgehead atoms. The summed E-state index contributed by atoms with van der Waals surface area (Å²) in [5.74, 6) is -2.47. The zero-order valence-corrected chi connectivity index (χ0v) is 15.6. The Labute approximate surface area is 167 Å². The van der Waals surface area contributed by atoms with E-state index >= 15 is 0 Å². The summed E-state index contributed by atoms with van der Waals surface area (Å²) in [6, 6.07) is 14.8. The van der Waals surface area contributed by atoms with E-state index in [1.54, 1.807) is 48.5 Å². The van der Waals surface area contributed by atoms with E-state index in [9.17, 15) is 19.2 Å². The molecule has 2 aromatic rings. The van der Waals surface area contributed by atoms with Crippen molar-refractivity contribution >= 4 is 29.3 Å². The van der Waals surface area contributed by atoms with Crippen LogP contribution in [-0.4, -0.2) is 30.2 Å². The van der Waals surface area contributed by atoms with Crippen LogP contribution in [0.25, 0.3) is 0 Å². The predicted molar refractivity (Wildman–Crippen MR) is 105 cm³/mol. The van der Waals surface area contributed by atoms with Gasteiger partial charge in [-0.2, -0.15) is 0 Å². The van der Waals surface area contributed by atoms with Crippen molar-refractivity contribution < 1.29 is 23.9 Å². The summed E-state index contributed by atoms with van der Waals surface area (Å²) in [6.07, 6.45) is 4.85. The number of Topliss-reactive ketones (excluding diaryl/α,β-unsaturated/α-hetero) is 1. The highest BCUT2D eigenvalue weighted by atomic mass is 16.5. The minimum atomic E-state index is -0.751. The van der Waals surface area contributed by atoms with Gasteiger partial charge in [0, 0.05) is 5.56 Å². The molecule has 146 valence electrons. The van der Waals surface area contributed by atoms with Gasteiger partial charge in [0.15, 0.2) is 12.4 Å². The smallest absolute Gasteiger partial charge is 0.340 e. The molecule has 6 heteroatoms. The average Bonchev–Trinajstić information content (AvgIpc) is 3.02. The summed E-state index contributed by atoms with van der Waals surface area (Å²) in [5.41, 5.74) is 0.728. The molecular formula is C23H19NO5. The summed E-state index contributed by atoms with van der Waals surface area (Å²) in [5, 5.41) is 0. The van der Waals surface area contributed by atoms with Crippen LogP contribution < -0.4 is 4.90 Å². The zero-order chi connectivity index (χ0) is 20.4. The van der Waals surface area contributed by atoms with Crippen molar-refractivity contribution in [2.75, 3.05) is 11.5 Å². The van der Waals surface area contributed by atoms with Crippen molar-refractivity contribution in [3.05, 3.63) is 77.9 Å². The van der Waals surface area contributed by atoms with Crippen LogP contribution in [0.5, 0.6) is 0 Å². The number of anilines is 1. The van der Waals surface area contributed by atoms with Gasteiger partial charge in [0.05, 0.1) is 23.1 Å². The summed E-state index contributed by atoms with van der Waals surface area (Å²) in [6.45, 7) is -0.422. The Morgan fingerprint density at radius 1 is 0.862 bits per heavy atom. The fourth-order valence-corrected chi connectivity index (χ4v) is 3.80. The molecule has 1 heterocycles. The van der Waals surface area contributed by atoms with E-state index in [0.29, 0.717) is 18.4 Å². The molecule has 0 unspecified atom stereocenters. The fraction of sp³-hybridized carbons (Fsp3) is 0.217. The van der Waals surface area contributed by atoms with Crippen LogP contribution in [0.15, 0.2) is 66.7 Å². The first kappa shape index (κ1) is 18.8. The monoisotopic (exact) mass is 389 g/mol. The van der Waals surface area contributed by atoms with Crippen molar-refractivity contribution in [1.82, 2.24) is 0 Å². The van der Waals surface area contributed by atoms with Crippen molar-refractivity contribution in [3.63, 3.8) is 0 Å². The highest BCUT2D eigenvalue weighted by molar-refractivity contribution is 6.24. The third-order valence-corrected chi connectivity index (χ3v) is 5.30. The van der Waals surface area contributed by atoms with Gasteiger partial charge >= 0.3 is 5.97 Å². The van der Waals surface area contributed by atoms with Gasteiger partial charge in [0.25, 0.3) is 0 Å². The highest BCUT2D eigenvalue weighted by Gasteiger charge is 2.48. The largest absolute Gasteiger partial charge is 0.454 e. The van der Waals surface area contributed by atoms with Crippen molar-refractivity contribution in [3.8, 4) is 0 Å². The fourth-order valence-electron chi connectivity index (χ4n) is 3.80. The molecule has 1 fully saturated rings. The molecule has 0 radical (unpaired) electrons. The third kappa shape index (κ3) is 3.49. The Morgan fingerprint density at radius 2 is 1.45 bits per heavy atom. The molecule has 6 nitrogen and oxygen atoms in total. The maximum atomic E-state index is 12.8. The number of allylic oxidation sites excluding steroid dienone is 2. The number of nitrogens with zero attached hydrogens (tertiary/aromatic N) is 1. The van der Waals surface area contributed by atoms with Crippen molar-refractivity contribution in [2.24, 2.45) is 11.8 Å². The summed E-state index contributed by atoms with van der Waals surface area (Å²) < 4.78 is 5.18. The predicted octanol–water partition coefficient (Wildman–Crippen LogP) is 3.18. The number of imide groups is 1. The molecule has 2 atom stereocenters. The second-order valence-electron chi connectivity index (χ2n) is 7.05. The van der Waals surface area contributed by atoms with Gasteiger partial charge in [-0.25, -0.2) is 9.69 Å². The van der Waals surface area contributed by atoms with Crippen molar-refractivity contribution in [1.29, 1.82) is 0 Å². The zero-order valence-electron chi connectivity index (χ0n) is 15.6. The number of fused-ring (bicyclic) bond motifs is 1. The number of para-hydroxylation sites is 1. The van der Waals surface area contributed by atoms with Crippen LogP contribution in [0.2, 0.25) is 0 Å². The molecule has 1 aliphatic carbocycles. The lowest BCUT2D eigenvalue weighted by Crippen LogP contribution is -2.32. The van der Waals surface area contributed by atoms with Gasteiger partial charge < -0.3 is 4.74 Å². The number of hydrogen-bond acceptors (Lipinski definition) is 5. The summed E-state index contributed by atoms with van der Waals surface area (Å²) >= 11 is 0. The normalized spacial score (nSPS) is 20.5. The van der Waals surface area contributed by atoms with E-state index in [0.717, 1.165) is 4.90 Å². The summed E-state index contributed by atoms with van der Waals surface area (Å²) in [7, 11) is 0. The molecule has 29 heavy (non-hydrogen) atoms. The van der Waals surface area contributed by atoms with E-state index in [4.69, 9.17) is 4.74 Å². The maximum absolute atomic E-state index is 12.8. The van der Waals surface area contributed by atoms with E-state index in [1.807, 2.05) is 12.2 Å². The summed E-state index contributed by atoms with van der Waals surface area (Å²) in [4.78, 5) is 51.6. The van der Waals surface area contributed by atoms with Crippen molar-refractivity contribution in [2.45, 2.75) is 12.8 Å². The van der Waals surface area contributed by atoms with Crippen LogP contribution in [0, 0.1) is 11.8 Å². The molecule has 0 N–H and O–H groups in total. The number of ketones is 1. The molecule has 2 aromatic carbocycles. The minimum absolute atomic E-state index is 0.0849. The minimum Gasteiger partial charge on any atom is -0.454 e. The van der Waals surface area contributed by atoms with Gasteiger partial charge in [0.1, 0.15) is 0 Å². The number of esters is 1. The van der Waals surface area contributed by atoms with Gasteiger partial charge in [0.2, 0.25) is 11.8 Å². The van der Waals surface area contributed by atoms with E-state index < -0.39 is 24.4 Å². The van der Waals surface area contributed by atoms with E-state index in [2.05, 4.69) is 0 Å². The van der Waals surface area contributed by atoms with Crippen LogP contribution >= 0.6 is 0 Å². The Balaban J connectivity index is 1.54. The second kappa shape index (κ2) is 7.83. The lowest BCUT2D eigenvalue weighted by molar-refractivity contribution is -0.122. The second-order valence-corrected chi connectivity index (χ2v) is 7.05. The Bertz CT molecular complexity index is 985. The first-order valence-electron chi connectivity index (χ1n) is 9.45. The molecule has 1 saturated heterocycles. The van der Waals surface area contributed by atoms with Crippen LogP contribution in [0.4, 0.5) is 5.69 Å². The van der Waals surface area contributed by atoms with Gasteiger partial charge in [-0.15, -0.1) is 0 Å². The van der Waals surface area contributed by atoms with E-state index in [1.165, 1.54) is 6.07 Å². The Kier molecular flexibility index (Phi) is 5.08. The Hall–Kier alpha value is -3.54. The van der Waals surface area contributed by atoms with Crippen LogP contribution in [0.1, 0.15) is 33.6 Å². The molecule has 1 aliphatic heterocycles. The van der Waals surface area contributed by atoms with Crippen LogP contribution in [0.3, 0.4) is 0 Å². The Morgan fingerprint density at radius 3 is 2.10 bits per heavy atom. The number of benzene rings is 2. The van der Waals surface area contributed by atoms with E-state index in [-0.39, 0.29) is 28.8 Å². The lowest BCUT2D eigenvalue weighted by atomic mass is 9.85. The number of carbonyl (C=O) groups is 4. The molecular weight excluding hydrogens is 370 g/mol. The molecule has 0 aromatic heterocycles. The topological polar surface area (TPSA) is 80.8 Å². The van der Waals surface area contributed by atoms with Crippen LogP contribution in [-0.2, 0) is 14.3 Å². The maximum Gasteiger partial charge on any atom is 0.340 e. The third-order valence-electron chi connectivity index (χ3n) is 5.30. The number of hydrogen-bond donors (Lipinski definition) is 0. The first-order chi connectivity index (χ1) is 14.1. The number of ether oxygens (including phenoxy) is 1.